The van der Waals surface area contributed by atoms with Gasteiger partial charge in [0.15, 0.2) is 0 Å². The predicted molar refractivity (Wildman–Crippen MR) is 111 cm³/mol. The molecule has 2 heterocycles. The van der Waals surface area contributed by atoms with Crippen LogP contribution in [0.5, 0.6) is 11.5 Å². The number of carbonyl (C=O) groups excluding carboxylic acids is 1. The van der Waals surface area contributed by atoms with Gasteiger partial charge >= 0.3 is 6.03 Å². The molecule has 0 bridgehead atoms. The van der Waals surface area contributed by atoms with E-state index in [1.807, 2.05) is 66.7 Å². The topological polar surface area (TPSA) is 79.0 Å². The number of nitrogens with zero attached hydrogens (tertiary/aromatic N) is 1. The van der Waals surface area contributed by atoms with Crippen LogP contribution in [0.15, 0.2) is 79.0 Å². The van der Waals surface area contributed by atoms with Crippen LogP contribution < -0.4 is 15.4 Å². The van der Waals surface area contributed by atoms with E-state index < -0.39 is 0 Å². The number of H-pyrrole nitrogens is 1. The number of carbonyl (C=O) groups is 1. The molecular formula is C23H20N4O2. The molecular weight excluding hydrogens is 364 g/mol. The molecule has 1 aliphatic heterocycles. The maximum Gasteiger partial charge on any atom is 0.315 e. The monoisotopic (exact) mass is 384 g/mol. The zero-order valence-electron chi connectivity index (χ0n) is 15.6. The molecule has 6 nitrogen and oxygen atoms in total. The summed E-state index contributed by atoms with van der Waals surface area (Å²) in [5.74, 6) is 1.56. The van der Waals surface area contributed by atoms with E-state index in [1.54, 1.807) is 6.20 Å². The van der Waals surface area contributed by atoms with E-state index in [0.717, 1.165) is 39.9 Å². The van der Waals surface area contributed by atoms with Gasteiger partial charge in [0.05, 0.1) is 23.8 Å². The minimum atomic E-state index is -0.164. The first-order valence-electron chi connectivity index (χ1n) is 9.57. The summed E-state index contributed by atoms with van der Waals surface area (Å²) in [6.07, 6.45) is 2.55. The first kappa shape index (κ1) is 17.3. The van der Waals surface area contributed by atoms with Crippen molar-refractivity contribution in [2.24, 2.45) is 0 Å². The van der Waals surface area contributed by atoms with Gasteiger partial charge in [0, 0.05) is 5.39 Å². The number of para-hydroxylation sites is 1. The molecule has 0 spiro atoms. The van der Waals surface area contributed by atoms with Gasteiger partial charge in [-0.05, 0) is 53.9 Å². The lowest BCUT2D eigenvalue weighted by molar-refractivity contribution is 0.219. The lowest BCUT2D eigenvalue weighted by Gasteiger charge is -2.32. The Balaban J connectivity index is 1.34. The van der Waals surface area contributed by atoms with Crippen LogP contribution in [-0.4, -0.2) is 16.2 Å². The highest BCUT2D eigenvalue weighted by Gasteiger charge is 2.28. The molecule has 2 amide bonds. The largest absolute Gasteiger partial charge is 0.457 e. The number of urea groups is 1. The number of aromatic nitrogens is 2. The van der Waals surface area contributed by atoms with Gasteiger partial charge in [-0.3, -0.25) is 5.10 Å². The maximum atomic E-state index is 12.3. The Kier molecular flexibility index (Phi) is 4.37. The van der Waals surface area contributed by atoms with Crippen molar-refractivity contribution in [3.8, 4) is 11.5 Å². The van der Waals surface area contributed by atoms with Crippen molar-refractivity contribution in [2.75, 3.05) is 0 Å². The summed E-state index contributed by atoms with van der Waals surface area (Å²) in [4.78, 5) is 12.3. The number of aromatic amines is 1. The van der Waals surface area contributed by atoms with Crippen molar-refractivity contribution in [3.63, 3.8) is 0 Å². The third-order valence-electron chi connectivity index (χ3n) is 5.21. The highest BCUT2D eigenvalue weighted by Crippen LogP contribution is 2.32. The molecule has 1 aliphatic rings. The van der Waals surface area contributed by atoms with E-state index >= 15 is 0 Å². The quantitative estimate of drug-likeness (QED) is 0.471. The van der Waals surface area contributed by atoms with Crippen molar-refractivity contribution in [3.05, 3.63) is 90.1 Å². The molecule has 1 fully saturated rings. The second-order valence-corrected chi connectivity index (χ2v) is 7.16. The van der Waals surface area contributed by atoms with Gasteiger partial charge in [-0.1, -0.05) is 36.4 Å². The third kappa shape index (κ3) is 3.65. The second kappa shape index (κ2) is 7.31. The van der Waals surface area contributed by atoms with Crippen LogP contribution in [0.2, 0.25) is 0 Å². The standard InChI is InChI=1S/C23H20N4O2/c28-23-25-21(13-22(26-23)16-8-11-20-17(12-16)14-24-27-20)15-6-9-19(10-7-15)29-18-4-2-1-3-5-18/h1-12,14,21-22H,13H2,(H,24,27)(H2,25,26,28). The van der Waals surface area contributed by atoms with Crippen molar-refractivity contribution < 1.29 is 9.53 Å². The van der Waals surface area contributed by atoms with Crippen molar-refractivity contribution in [1.29, 1.82) is 0 Å². The summed E-state index contributed by atoms with van der Waals surface area (Å²) in [5.41, 5.74) is 3.11. The molecule has 0 aliphatic carbocycles. The van der Waals surface area contributed by atoms with E-state index in [-0.39, 0.29) is 18.1 Å². The van der Waals surface area contributed by atoms with E-state index in [2.05, 4.69) is 26.9 Å². The van der Waals surface area contributed by atoms with E-state index in [0.29, 0.717) is 0 Å². The predicted octanol–water partition coefficient (Wildman–Crippen LogP) is 4.84. The fraction of sp³-hybridized carbons (Fsp3) is 0.130. The number of rotatable bonds is 4. The van der Waals surface area contributed by atoms with Gasteiger partial charge in [0.25, 0.3) is 0 Å². The van der Waals surface area contributed by atoms with Crippen molar-refractivity contribution in [2.45, 2.75) is 18.5 Å². The maximum absolute atomic E-state index is 12.3. The Morgan fingerprint density at radius 3 is 2.31 bits per heavy atom. The average Bonchev–Trinajstić information content (AvgIpc) is 3.22. The lowest BCUT2D eigenvalue weighted by atomic mass is 9.92. The summed E-state index contributed by atoms with van der Waals surface area (Å²) >= 11 is 0. The summed E-state index contributed by atoms with van der Waals surface area (Å²) in [6.45, 7) is 0. The molecule has 0 radical (unpaired) electrons. The molecule has 4 aromatic rings. The van der Waals surface area contributed by atoms with E-state index in [4.69, 9.17) is 4.74 Å². The molecule has 3 N–H and O–H groups in total. The van der Waals surface area contributed by atoms with Gasteiger partial charge in [0.2, 0.25) is 0 Å². The molecule has 29 heavy (non-hydrogen) atoms. The van der Waals surface area contributed by atoms with Crippen LogP contribution in [-0.2, 0) is 0 Å². The van der Waals surface area contributed by atoms with Gasteiger partial charge in [-0.2, -0.15) is 5.10 Å². The molecule has 3 aromatic carbocycles. The van der Waals surface area contributed by atoms with Crippen molar-refractivity contribution >= 4 is 16.9 Å². The molecule has 1 aromatic heterocycles. The molecule has 0 saturated carbocycles. The Morgan fingerprint density at radius 2 is 1.52 bits per heavy atom. The summed E-state index contributed by atoms with van der Waals surface area (Å²) < 4.78 is 5.86. The summed E-state index contributed by atoms with van der Waals surface area (Å²) in [5, 5.41) is 14.1. The molecule has 2 unspecified atom stereocenters. The molecule has 1 saturated heterocycles. The minimum Gasteiger partial charge on any atom is -0.457 e. The van der Waals surface area contributed by atoms with Crippen molar-refractivity contribution in [1.82, 2.24) is 20.8 Å². The SMILES string of the molecule is O=C1NC(c2ccc(Oc3ccccc3)cc2)CC(c2ccc3[nH]ncc3c2)N1. The van der Waals surface area contributed by atoms with Crippen LogP contribution in [0.4, 0.5) is 4.79 Å². The third-order valence-corrected chi connectivity index (χ3v) is 5.21. The fourth-order valence-corrected chi connectivity index (χ4v) is 3.72. The number of hydrogen-bond acceptors (Lipinski definition) is 3. The van der Waals surface area contributed by atoms with Crippen LogP contribution in [0, 0.1) is 0 Å². The molecule has 6 heteroatoms. The first-order chi connectivity index (χ1) is 14.2. The van der Waals surface area contributed by atoms with Crippen LogP contribution in [0.3, 0.4) is 0 Å². The van der Waals surface area contributed by atoms with Crippen LogP contribution in [0.1, 0.15) is 29.6 Å². The summed E-state index contributed by atoms with van der Waals surface area (Å²) in [7, 11) is 0. The fourth-order valence-electron chi connectivity index (χ4n) is 3.72. The smallest absolute Gasteiger partial charge is 0.315 e. The summed E-state index contributed by atoms with van der Waals surface area (Å²) in [6, 6.07) is 23.4. The Labute approximate surface area is 167 Å². The number of fused-ring (bicyclic) bond motifs is 1. The Bertz CT molecular complexity index is 1140. The first-order valence-corrected chi connectivity index (χ1v) is 9.57. The zero-order chi connectivity index (χ0) is 19.6. The normalized spacial score (nSPS) is 18.8. The number of amides is 2. The van der Waals surface area contributed by atoms with E-state index in [9.17, 15) is 4.79 Å². The molecule has 2 atom stereocenters. The Morgan fingerprint density at radius 1 is 0.828 bits per heavy atom. The minimum absolute atomic E-state index is 0.0618. The second-order valence-electron chi connectivity index (χ2n) is 7.16. The van der Waals surface area contributed by atoms with Gasteiger partial charge < -0.3 is 15.4 Å². The van der Waals surface area contributed by atoms with Crippen LogP contribution in [0.25, 0.3) is 10.9 Å². The number of nitrogens with one attached hydrogen (secondary N) is 3. The zero-order valence-corrected chi connectivity index (χ0v) is 15.6. The Hall–Kier alpha value is -3.80. The highest BCUT2D eigenvalue weighted by molar-refractivity contribution is 5.80. The van der Waals surface area contributed by atoms with Gasteiger partial charge in [-0.15, -0.1) is 0 Å². The number of hydrogen-bond donors (Lipinski definition) is 3. The molecule has 5 rings (SSSR count). The number of benzene rings is 3. The van der Waals surface area contributed by atoms with E-state index in [1.165, 1.54) is 0 Å². The highest BCUT2D eigenvalue weighted by atomic mass is 16.5. The lowest BCUT2D eigenvalue weighted by Crippen LogP contribution is -2.46. The molecule has 144 valence electrons. The average molecular weight is 384 g/mol. The number of ether oxygens (including phenoxy) is 1. The van der Waals surface area contributed by atoms with Gasteiger partial charge in [0.1, 0.15) is 11.5 Å². The van der Waals surface area contributed by atoms with Crippen LogP contribution >= 0.6 is 0 Å². The van der Waals surface area contributed by atoms with Gasteiger partial charge in [-0.25, -0.2) is 4.79 Å².